The number of aromatic nitrogens is 2. The third-order valence-electron chi connectivity index (χ3n) is 1.59. The molecule has 0 fully saturated rings. The highest BCUT2D eigenvalue weighted by Crippen LogP contribution is 2.08. The van der Waals surface area contributed by atoms with Gasteiger partial charge in [0.1, 0.15) is 5.82 Å². The number of rotatable bonds is 2. The van der Waals surface area contributed by atoms with E-state index in [1.54, 1.807) is 6.20 Å². The van der Waals surface area contributed by atoms with Crippen molar-refractivity contribution < 1.29 is 9.53 Å². The molecule has 1 aromatic heterocycles. The Bertz CT molecular complexity index is 310. The van der Waals surface area contributed by atoms with Crippen LogP contribution in [0.4, 0.5) is 0 Å². The Labute approximate surface area is 77.0 Å². The molecule has 1 aromatic rings. The highest BCUT2D eigenvalue weighted by Gasteiger charge is 2.09. The molecule has 13 heavy (non-hydrogen) atoms. The number of carbonyl (C=O) groups is 1. The van der Waals surface area contributed by atoms with Crippen LogP contribution in [-0.2, 0) is 4.74 Å². The average Bonchev–Trinajstić information content (AvgIpc) is 2.17. The number of methoxy groups -OCH3 is 1. The average molecular weight is 180 g/mol. The van der Waals surface area contributed by atoms with Crippen molar-refractivity contribution in [1.82, 2.24) is 9.97 Å². The summed E-state index contributed by atoms with van der Waals surface area (Å²) in [5, 5.41) is 0. The molecule has 0 N–H and O–H groups in total. The first-order chi connectivity index (χ1) is 6.15. The molecule has 0 unspecified atom stereocenters. The van der Waals surface area contributed by atoms with Crippen molar-refractivity contribution in [3.63, 3.8) is 0 Å². The van der Waals surface area contributed by atoms with Crippen LogP contribution in [0.1, 0.15) is 36.1 Å². The number of hydrogen-bond donors (Lipinski definition) is 0. The van der Waals surface area contributed by atoms with Gasteiger partial charge < -0.3 is 4.74 Å². The molecule has 4 nitrogen and oxygen atoms in total. The Morgan fingerprint density at radius 2 is 2.23 bits per heavy atom. The molecule has 0 saturated carbocycles. The van der Waals surface area contributed by atoms with Crippen molar-refractivity contribution in [1.29, 1.82) is 0 Å². The molecule has 1 heterocycles. The van der Waals surface area contributed by atoms with Gasteiger partial charge in [-0.1, -0.05) is 13.8 Å². The summed E-state index contributed by atoms with van der Waals surface area (Å²) >= 11 is 0. The number of carbonyl (C=O) groups excluding carboxylic acids is 1. The highest BCUT2D eigenvalue weighted by molar-refractivity contribution is 5.86. The third-order valence-corrected chi connectivity index (χ3v) is 1.59. The molecule has 0 aliphatic carbocycles. The van der Waals surface area contributed by atoms with Gasteiger partial charge >= 0.3 is 5.97 Å². The minimum Gasteiger partial charge on any atom is -0.464 e. The van der Waals surface area contributed by atoms with E-state index < -0.39 is 5.97 Å². The van der Waals surface area contributed by atoms with E-state index in [0.29, 0.717) is 11.5 Å². The molecule has 0 amide bonds. The molecule has 0 spiro atoms. The van der Waals surface area contributed by atoms with Crippen LogP contribution in [-0.4, -0.2) is 23.0 Å². The summed E-state index contributed by atoms with van der Waals surface area (Å²) in [6, 6.07) is 1.54. The number of esters is 1. The third kappa shape index (κ3) is 2.24. The molecular formula is C9H12N2O2. The van der Waals surface area contributed by atoms with Crippen LogP contribution in [0.5, 0.6) is 0 Å². The van der Waals surface area contributed by atoms with Gasteiger partial charge in [-0.15, -0.1) is 0 Å². The van der Waals surface area contributed by atoms with E-state index in [-0.39, 0.29) is 5.92 Å². The Morgan fingerprint density at radius 1 is 1.54 bits per heavy atom. The van der Waals surface area contributed by atoms with Crippen LogP contribution < -0.4 is 0 Å². The topological polar surface area (TPSA) is 52.1 Å². The van der Waals surface area contributed by atoms with Gasteiger partial charge in [-0.25, -0.2) is 14.8 Å². The number of ether oxygens (including phenoxy) is 1. The summed E-state index contributed by atoms with van der Waals surface area (Å²) in [5.74, 6) is 0.441. The van der Waals surface area contributed by atoms with Crippen LogP contribution in [0.3, 0.4) is 0 Å². The smallest absolute Gasteiger partial charge is 0.356 e. The number of nitrogens with zero attached hydrogens (tertiary/aromatic N) is 2. The summed E-state index contributed by atoms with van der Waals surface area (Å²) in [7, 11) is 1.33. The molecule has 70 valence electrons. The van der Waals surface area contributed by atoms with Gasteiger partial charge in [0.15, 0.2) is 5.69 Å². The second-order valence-corrected chi connectivity index (χ2v) is 2.95. The van der Waals surface area contributed by atoms with Gasteiger partial charge in [0.25, 0.3) is 0 Å². The van der Waals surface area contributed by atoms with Gasteiger partial charge in [0, 0.05) is 12.1 Å². The maximum Gasteiger partial charge on any atom is 0.356 e. The zero-order valence-corrected chi connectivity index (χ0v) is 7.94. The first-order valence-corrected chi connectivity index (χ1v) is 4.06. The number of hydrogen-bond acceptors (Lipinski definition) is 4. The van der Waals surface area contributed by atoms with Crippen molar-refractivity contribution in [3.05, 3.63) is 23.8 Å². The Balaban J connectivity index is 2.98. The zero-order valence-electron chi connectivity index (χ0n) is 7.94. The van der Waals surface area contributed by atoms with Crippen molar-refractivity contribution >= 4 is 5.97 Å². The molecule has 0 atom stereocenters. The van der Waals surface area contributed by atoms with Crippen molar-refractivity contribution in [2.24, 2.45) is 0 Å². The molecule has 0 radical (unpaired) electrons. The van der Waals surface area contributed by atoms with E-state index in [4.69, 9.17) is 0 Å². The summed E-state index contributed by atoms with van der Waals surface area (Å²) in [4.78, 5) is 19.2. The summed E-state index contributed by atoms with van der Waals surface area (Å²) in [5.41, 5.74) is 0.307. The standard InChI is InChI=1S/C9H12N2O2/c1-6(2)8-10-5-4-7(11-8)9(12)13-3/h4-6H,1-3H3. The maximum absolute atomic E-state index is 11.1. The lowest BCUT2D eigenvalue weighted by Crippen LogP contribution is -2.07. The zero-order chi connectivity index (χ0) is 9.84. The monoisotopic (exact) mass is 180 g/mol. The van der Waals surface area contributed by atoms with E-state index in [1.165, 1.54) is 13.2 Å². The molecule has 0 aliphatic heterocycles. The molecule has 0 aromatic carbocycles. The van der Waals surface area contributed by atoms with E-state index in [9.17, 15) is 4.79 Å². The van der Waals surface area contributed by atoms with E-state index in [2.05, 4.69) is 14.7 Å². The van der Waals surface area contributed by atoms with Crippen molar-refractivity contribution in [2.75, 3.05) is 7.11 Å². The quantitative estimate of drug-likeness (QED) is 0.645. The van der Waals surface area contributed by atoms with Gasteiger partial charge in [0.2, 0.25) is 0 Å². The van der Waals surface area contributed by atoms with Gasteiger partial charge in [-0.05, 0) is 6.07 Å². The summed E-state index contributed by atoms with van der Waals surface area (Å²) in [6.07, 6.45) is 1.56. The lowest BCUT2D eigenvalue weighted by Gasteiger charge is -2.03. The largest absolute Gasteiger partial charge is 0.464 e. The fourth-order valence-electron chi connectivity index (χ4n) is 0.870. The van der Waals surface area contributed by atoms with Crippen LogP contribution >= 0.6 is 0 Å². The van der Waals surface area contributed by atoms with Crippen LogP contribution in [0.15, 0.2) is 12.3 Å². The first-order valence-electron chi connectivity index (χ1n) is 4.06. The fourth-order valence-corrected chi connectivity index (χ4v) is 0.870. The lowest BCUT2D eigenvalue weighted by molar-refractivity contribution is 0.0593. The van der Waals surface area contributed by atoms with E-state index in [1.807, 2.05) is 13.8 Å². The Kier molecular flexibility index (Phi) is 2.95. The SMILES string of the molecule is COC(=O)c1ccnc(C(C)C)n1. The summed E-state index contributed by atoms with van der Waals surface area (Å²) < 4.78 is 4.54. The van der Waals surface area contributed by atoms with Gasteiger partial charge in [-0.3, -0.25) is 0 Å². The molecule has 4 heteroatoms. The van der Waals surface area contributed by atoms with E-state index in [0.717, 1.165) is 0 Å². The summed E-state index contributed by atoms with van der Waals surface area (Å²) in [6.45, 7) is 3.94. The molecule has 0 saturated heterocycles. The first kappa shape index (κ1) is 9.64. The van der Waals surface area contributed by atoms with Crippen LogP contribution in [0.2, 0.25) is 0 Å². The molecule has 0 aliphatic rings. The maximum atomic E-state index is 11.1. The van der Waals surface area contributed by atoms with Crippen molar-refractivity contribution in [3.8, 4) is 0 Å². The molecule has 0 bridgehead atoms. The van der Waals surface area contributed by atoms with Crippen LogP contribution in [0.25, 0.3) is 0 Å². The van der Waals surface area contributed by atoms with Crippen LogP contribution in [0, 0.1) is 0 Å². The Hall–Kier alpha value is -1.45. The predicted molar refractivity (Wildman–Crippen MR) is 47.5 cm³/mol. The lowest BCUT2D eigenvalue weighted by atomic mass is 10.2. The van der Waals surface area contributed by atoms with E-state index >= 15 is 0 Å². The minimum absolute atomic E-state index is 0.213. The molecular weight excluding hydrogens is 168 g/mol. The fraction of sp³-hybridized carbons (Fsp3) is 0.444. The Morgan fingerprint density at radius 3 is 2.77 bits per heavy atom. The van der Waals surface area contributed by atoms with Crippen molar-refractivity contribution in [2.45, 2.75) is 19.8 Å². The predicted octanol–water partition coefficient (Wildman–Crippen LogP) is 1.39. The van der Waals surface area contributed by atoms with Gasteiger partial charge in [0.05, 0.1) is 7.11 Å². The normalized spacial score (nSPS) is 10.2. The highest BCUT2D eigenvalue weighted by atomic mass is 16.5. The second kappa shape index (κ2) is 3.98. The minimum atomic E-state index is -0.427. The second-order valence-electron chi connectivity index (χ2n) is 2.95. The molecule has 1 rings (SSSR count). The van der Waals surface area contributed by atoms with Gasteiger partial charge in [-0.2, -0.15) is 0 Å².